The zero-order valence-corrected chi connectivity index (χ0v) is 10.0. The van der Waals surface area contributed by atoms with Gasteiger partial charge in [-0.05, 0) is 26.7 Å². The number of hydrogen-bond donors (Lipinski definition) is 2. The molecule has 0 bridgehead atoms. The number of hydrogen-bond acceptors (Lipinski definition) is 3. The van der Waals surface area contributed by atoms with Crippen molar-refractivity contribution in [2.24, 2.45) is 5.73 Å². The van der Waals surface area contributed by atoms with Crippen molar-refractivity contribution in [3.05, 3.63) is 0 Å². The molecule has 3 N–H and O–H groups in total. The minimum atomic E-state index is -0.0983. The molecule has 0 radical (unpaired) electrons. The SMILES string of the molecule is CCC(C)(C)NC(=O)CN1CC[C@H](N)C1. The van der Waals surface area contributed by atoms with Crippen LogP contribution in [0.15, 0.2) is 0 Å². The van der Waals surface area contributed by atoms with Crippen molar-refractivity contribution in [3.63, 3.8) is 0 Å². The molecule has 0 aromatic rings. The van der Waals surface area contributed by atoms with Gasteiger partial charge < -0.3 is 11.1 Å². The van der Waals surface area contributed by atoms with E-state index in [9.17, 15) is 4.79 Å². The van der Waals surface area contributed by atoms with Gasteiger partial charge in [0, 0.05) is 24.7 Å². The quantitative estimate of drug-likeness (QED) is 0.707. The van der Waals surface area contributed by atoms with Crippen LogP contribution in [0.1, 0.15) is 33.6 Å². The molecule has 88 valence electrons. The van der Waals surface area contributed by atoms with Crippen molar-refractivity contribution >= 4 is 5.91 Å². The minimum Gasteiger partial charge on any atom is -0.350 e. The second-order valence-electron chi connectivity index (χ2n) is 5.07. The second-order valence-corrected chi connectivity index (χ2v) is 5.07. The van der Waals surface area contributed by atoms with Gasteiger partial charge in [0.15, 0.2) is 0 Å². The lowest BCUT2D eigenvalue weighted by atomic mass is 10.0. The molecule has 0 unspecified atom stereocenters. The molecule has 1 saturated heterocycles. The predicted molar refractivity (Wildman–Crippen MR) is 61.5 cm³/mol. The van der Waals surface area contributed by atoms with Crippen molar-refractivity contribution in [1.82, 2.24) is 10.2 Å². The number of nitrogens with two attached hydrogens (primary N) is 1. The van der Waals surface area contributed by atoms with Gasteiger partial charge in [0.2, 0.25) is 5.91 Å². The number of nitrogens with one attached hydrogen (secondary N) is 1. The zero-order valence-electron chi connectivity index (χ0n) is 10.0. The lowest BCUT2D eigenvalue weighted by molar-refractivity contribution is -0.123. The van der Waals surface area contributed by atoms with Gasteiger partial charge in [-0.3, -0.25) is 9.69 Å². The van der Waals surface area contributed by atoms with Crippen LogP contribution in [0.3, 0.4) is 0 Å². The number of amides is 1. The molecule has 1 fully saturated rings. The van der Waals surface area contributed by atoms with Gasteiger partial charge in [0.05, 0.1) is 6.54 Å². The number of carbonyl (C=O) groups excluding carboxylic acids is 1. The van der Waals surface area contributed by atoms with E-state index in [4.69, 9.17) is 5.73 Å². The Kier molecular flexibility index (Phi) is 4.11. The maximum Gasteiger partial charge on any atom is 0.234 e. The minimum absolute atomic E-state index is 0.0983. The summed E-state index contributed by atoms with van der Waals surface area (Å²) in [5.74, 6) is 0.107. The van der Waals surface area contributed by atoms with Crippen LogP contribution in [0, 0.1) is 0 Å². The third-order valence-corrected chi connectivity index (χ3v) is 3.04. The molecule has 4 nitrogen and oxygen atoms in total. The number of carbonyl (C=O) groups is 1. The van der Waals surface area contributed by atoms with E-state index in [1.165, 1.54) is 0 Å². The van der Waals surface area contributed by atoms with E-state index in [0.29, 0.717) is 6.54 Å². The highest BCUT2D eigenvalue weighted by Crippen LogP contribution is 2.09. The van der Waals surface area contributed by atoms with E-state index in [0.717, 1.165) is 25.9 Å². The van der Waals surface area contributed by atoms with Crippen LogP contribution in [0.4, 0.5) is 0 Å². The molecule has 1 rings (SSSR count). The number of rotatable bonds is 4. The molecule has 1 atom stereocenters. The largest absolute Gasteiger partial charge is 0.350 e. The lowest BCUT2D eigenvalue weighted by Gasteiger charge is -2.26. The summed E-state index contributed by atoms with van der Waals surface area (Å²) in [6.45, 7) is 8.44. The van der Waals surface area contributed by atoms with Crippen LogP contribution in [0.25, 0.3) is 0 Å². The first-order valence-corrected chi connectivity index (χ1v) is 5.72. The molecule has 1 aliphatic heterocycles. The van der Waals surface area contributed by atoms with Gasteiger partial charge in [-0.2, -0.15) is 0 Å². The molecule has 0 saturated carbocycles. The first kappa shape index (κ1) is 12.5. The molecular formula is C11H23N3O. The summed E-state index contributed by atoms with van der Waals surface area (Å²) < 4.78 is 0. The highest BCUT2D eigenvalue weighted by atomic mass is 16.2. The fourth-order valence-corrected chi connectivity index (χ4v) is 1.71. The second kappa shape index (κ2) is 4.94. The Morgan fingerprint density at radius 1 is 1.60 bits per heavy atom. The summed E-state index contributed by atoms with van der Waals surface area (Å²) in [5.41, 5.74) is 5.68. The standard InChI is InChI=1S/C11H23N3O/c1-4-11(2,3)13-10(15)8-14-6-5-9(12)7-14/h9H,4-8,12H2,1-3H3,(H,13,15)/t9-/m0/s1. The van der Waals surface area contributed by atoms with E-state index >= 15 is 0 Å². The molecule has 1 heterocycles. The fourth-order valence-electron chi connectivity index (χ4n) is 1.71. The van der Waals surface area contributed by atoms with Crippen LogP contribution in [-0.2, 0) is 4.79 Å². The first-order valence-electron chi connectivity index (χ1n) is 5.72. The summed E-state index contributed by atoms with van der Waals surface area (Å²) in [6, 6.07) is 0.247. The molecule has 0 aliphatic carbocycles. The van der Waals surface area contributed by atoms with Crippen molar-refractivity contribution in [2.45, 2.75) is 45.2 Å². The van der Waals surface area contributed by atoms with E-state index in [2.05, 4.69) is 17.1 Å². The van der Waals surface area contributed by atoms with Gasteiger partial charge in [-0.25, -0.2) is 0 Å². The summed E-state index contributed by atoms with van der Waals surface area (Å²) in [6.07, 6.45) is 1.95. The van der Waals surface area contributed by atoms with E-state index in [-0.39, 0.29) is 17.5 Å². The lowest BCUT2D eigenvalue weighted by Crippen LogP contribution is -2.47. The van der Waals surface area contributed by atoms with Gasteiger partial charge in [0.1, 0.15) is 0 Å². The monoisotopic (exact) mass is 213 g/mol. The molecular weight excluding hydrogens is 190 g/mol. The maximum absolute atomic E-state index is 11.7. The summed E-state index contributed by atoms with van der Waals surface area (Å²) in [5, 5.41) is 3.03. The van der Waals surface area contributed by atoms with E-state index in [1.807, 2.05) is 13.8 Å². The Labute approximate surface area is 92.2 Å². The molecule has 1 aliphatic rings. The average Bonchev–Trinajstić information content (AvgIpc) is 2.50. The first-order chi connectivity index (χ1) is 6.93. The molecule has 15 heavy (non-hydrogen) atoms. The van der Waals surface area contributed by atoms with Crippen LogP contribution >= 0.6 is 0 Å². The normalized spacial score (nSPS) is 23.1. The molecule has 0 aromatic heterocycles. The number of likely N-dealkylation sites (tertiary alicyclic amines) is 1. The van der Waals surface area contributed by atoms with Crippen molar-refractivity contribution < 1.29 is 4.79 Å². The van der Waals surface area contributed by atoms with Gasteiger partial charge in [0.25, 0.3) is 0 Å². The Balaban J connectivity index is 2.30. The van der Waals surface area contributed by atoms with Crippen molar-refractivity contribution in [3.8, 4) is 0 Å². The highest BCUT2D eigenvalue weighted by molar-refractivity contribution is 5.78. The van der Waals surface area contributed by atoms with Gasteiger partial charge in [-0.1, -0.05) is 6.92 Å². The van der Waals surface area contributed by atoms with Gasteiger partial charge in [-0.15, -0.1) is 0 Å². The zero-order chi connectivity index (χ0) is 11.5. The van der Waals surface area contributed by atoms with Crippen LogP contribution in [-0.4, -0.2) is 42.0 Å². The van der Waals surface area contributed by atoms with Crippen molar-refractivity contribution in [2.75, 3.05) is 19.6 Å². The Morgan fingerprint density at radius 2 is 2.27 bits per heavy atom. The molecule has 0 aromatic carbocycles. The summed E-state index contributed by atoms with van der Waals surface area (Å²) >= 11 is 0. The summed E-state index contributed by atoms with van der Waals surface area (Å²) in [7, 11) is 0. The Hall–Kier alpha value is -0.610. The van der Waals surface area contributed by atoms with Crippen molar-refractivity contribution in [1.29, 1.82) is 0 Å². The van der Waals surface area contributed by atoms with E-state index < -0.39 is 0 Å². The Morgan fingerprint density at radius 3 is 2.73 bits per heavy atom. The third-order valence-electron chi connectivity index (χ3n) is 3.04. The highest BCUT2D eigenvalue weighted by Gasteiger charge is 2.23. The average molecular weight is 213 g/mol. The fraction of sp³-hybridized carbons (Fsp3) is 0.909. The summed E-state index contributed by atoms with van der Waals surface area (Å²) in [4.78, 5) is 13.8. The third kappa shape index (κ3) is 4.18. The smallest absolute Gasteiger partial charge is 0.234 e. The number of nitrogens with zero attached hydrogens (tertiary/aromatic N) is 1. The predicted octanol–water partition coefficient (Wildman–Crippen LogP) is 0.324. The maximum atomic E-state index is 11.7. The van der Waals surface area contributed by atoms with E-state index in [1.54, 1.807) is 0 Å². The Bertz CT molecular complexity index is 228. The topological polar surface area (TPSA) is 58.4 Å². The molecule has 0 spiro atoms. The molecule has 1 amide bonds. The molecule has 4 heteroatoms. The van der Waals surface area contributed by atoms with Crippen LogP contribution in [0.5, 0.6) is 0 Å². The van der Waals surface area contributed by atoms with Crippen LogP contribution in [0.2, 0.25) is 0 Å². The van der Waals surface area contributed by atoms with Crippen LogP contribution < -0.4 is 11.1 Å². The van der Waals surface area contributed by atoms with Gasteiger partial charge >= 0.3 is 0 Å².